The van der Waals surface area contributed by atoms with Gasteiger partial charge in [0.1, 0.15) is 0 Å². The number of Topliss-reactive ketones (excluding diaryl/α,β-unsaturated/α-hetero) is 1. The largest absolute Gasteiger partial charge is 0.298 e. The van der Waals surface area contributed by atoms with Gasteiger partial charge in [-0.1, -0.05) is 6.92 Å². The molecule has 1 atom stereocenters. The Morgan fingerprint density at radius 1 is 1.44 bits per heavy atom. The molecule has 0 spiro atoms. The molecule has 2 heteroatoms. The Balaban J connectivity index is 2.56. The van der Waals surface area contributed by atoms with Gasteiger partial charge in [0.05, 0.1) is 5.54 Å². The number of carbonyl (C=O) groups is 1. The summed E-state index contributed by atoms with van der Waals surface area (Å²) in [5.41, 5.74) is -0.245. The Morgan fingerprint density at radius 3 is 2.56 bits per heavy atom. The van der Waals surface area contributed by atoms with Crippen molar-refractivity contribution in [1.82, 2.24) is 4.90 Å². The van der Waals surface area contributed by atoms with Crippen LogP contribution in [0.4, 0.5) is 0 Å². The van der Waals surface area contributed by atoms with E-state index >= 15 is 0 Å². The smallest absolute Gasteiger partial charge is 0.152 e. The van der Waals surface area contributed by atoms with Crippen LogP contribution < -0.4 is 0 Å². The van der Waals surface area contributed by atoms with E-state index in [1.807, 2.05) is 0 Å². The van der Waals surface area contributed by atoms with Gasteiger partial charge in [-0.15, -0.1) is 12.3 Å². The molecule has 0 aromatic heterocycles. The van der Waals surface area contributed by atoms with Crippen molar-refractivity contribution in [2.45, 2.75) is 57.9 Å². The summed E-state index contributed by atoms with van der Waals surface area (Å²) in [4.78, 5) is 14.6. The number of hydrogen-bond acceptors (Lipinski definition) is 2. The highest BCUT2D eigenvalue weighted by atomic mass is 16.1. The van der Waals surface area contributed by atoms with Crippen molar-refractivity contribution >= 4 is 5.78 Å². The molecule has 1 saturated heterocycles. The molecule has 1 unspecified atom stereocenters. The summed E-state index contributed by atoms with van der Waals surface area (Å²) < 4.78 is 0. The van der Waals surface area contributed by atoms with Crippen molar-refractivity contribution < 1.29 is 4.79 Å². The van der Waals surface area contributed by atoms with Crippen LogP contribution in [0.15, 0.2) is 0 Å². The first-order chi connectivity index (χ1) is 7.65. The van der Waals surface area contributed by atoms with Crippen LogP contribution in [0.3, 0.4) is 0 Å². The lowest BCUT2D eigenvalue weighted by molar-refractivity contribution is -0.130. The molecule has 0 bridgehead atoms. The van der Waals surface area contributed by atoms with Gasteiger partial charge in [-0.2, -0.15) is 0 Å². The molecule has 1 heterocycles. The number of terminal acetylenes is 1. The highest BCUT2D eigenvalue weighted by Crippen LogP contribution is 2.27. The molecule has 0 N–H and O–H groups in total. The van der Waals surface area contributed by atoms with Crippen molar-refractivity contribution in [2.75, 3.05) is 13.1 Å². The molecule has 1 rings (SSSR count). The maximum atomic E-state index is 12.2. The zero-order valence-electron chi connectivity index (χ0n) is 10.6. The van der Waals surface area contributed by atoms with E-state index in [1.54, 1.807) is 0 Å². The van der Waals surface area contributed by atoms with E-state index in [2.05, 4.69) is 24.7 Å². The van der Waals surface area contributed by atoms with Gasteiger partial charge in [-0.3, -0.25) is 9.69 Å². The second kappa shape index (κ2) is 6.06. The molecular weight excluding hydrogens is 198 g/mol. The molecule has 0 amide bonds. The van der Waals surface area contributed by atoms with Gasteiger partial charge in [0.25, 0.3) is 0 Å². The summed E-state index contributed by atoms with van der Waals surface area (Å²) >= 11 is 0. The van der Waals surface area contributed by atoms with Crippen LogP contribution in [-0.2, 0) is 4.79 Å². The fraction of sp³-hybridized carbons (Fsp3) is 0.786. The number of ketones is 1. The van der Waals surface area contributed by atoms with Crippen molar-refractivity contribution in [3.8, 4) is 12.3 Å². The van der Waals surface area contributed by atoms with Gasteiger partial charge < -0.3 is 0 Å². The van der Waals surface area contributed by atoms with E-state index in [9.17, 15) is 4.79 Å². The van der Waals surface area contributed by atoms with Gasteiger partial charge in [0.15, 0.2) is 5.78 Å². The zero-order valence-corrected chi connectivity index (χ0v) is 10.6. The first kappa shape index (κ1) is 13.3. The molecular formula is C14H23NO. The molecule has 2 nitrogen and oxygen atoms in total. The number of unbranched alkanes of at least 4 members (excludes halogenated alkanes) is 1. The number of hydrogen-bond donors (Lipinski definition) is 0. The molecule has 0 aliphatic carbocycles. The third-order valence-electron chi connectivity index (χ3n) is 3.82. The first-order valence-electron chi connectivity index (χ1n) is 6.37. The Labute approximate surface area is 99.4 Å². The summed E-state index contributed by atoms with van der Waals surface area (Å²) in [5, 5.41) is 0. The Bertz CT molecular complexity index is 273. The van der Waals surface area contributed by atoms with E-state index in [0.717, 1.165) is 25.9 Å². The predicted molar refractivity (Wildman–Crippen MR) is 67.2 cm³/mol. The fourth-order valence-electron chi connectivity index (χ4n) is 2.43. The van der Waals surface area contributed by atoms with Crippen LogP contribution in [0.5, 0.6) is 0 Å². The average molecular weight is 221 g/mol. The minimum atomic E-state index is -0.245. The highest BCUT2D eigenvalue weighted by Gasteiger charge is 2.37. The monoisotopic (exact) mass is 221 g/mol. The minimum absolute atomic E-state index is 0.245. The van der Waals surface area contributed by atoms with Crippen molar-refractivity contribution in [1.29, 1.82) is 0 Å². The Kier molecular flexibility index (Phi) is 5.02. The minimum Gasteiger partial charge on any atom is -0.298 e. The molecule has 0 aromatic rings. The van der Waals surface area contributed by atoms with E-state index in [4.69, 9.17) is 6.42 Å². The quantitative estimate of drug-likeness (QED) is 0.507. The molecule has 0 saturated carbocycles. The van der Waals surface area contributed by atoms with Gasteiger partial charge in [-0.05, 0) is 45.7 Å². The van der Waals surface area contributed by atoms with E-state index in [-0.39, 0.29) is 5.54 Å². The molecule has 1 aliphatic rings. The lowest BCUT2D eigenvalue weighted by atomic mass is 9.88. The van der Waals surface area contributed by atoms with Crippen molar-refractivity contribution in [3.63, 3.8) is 0 Å². The lowest BCUT2D eigenvalue weighted by Gasteiger charge is -2.36. The number of likely N-dealkylation sites (tertiary alicyclic amines) is 1. The summed E-state index contributed by atoms with van der Waals surface area (Å²) in [6, 6.07) is 0. The fourth-order valence-corrected chi connectivity index (χ4v) is 2.43. The number of rotatable bonds is 6. The average Bonchev–Trinajstić information content (AvgIpc) is 2.82. The third kappa shape index (κ3) is 2.86. The predicted octanol–water partition coefficient (Wildman–Crippen LogP) is 2.62. The summed E-state index contributed by atoms with van der Waals surface area (Å²) in [6.45, 7) is 6.35. The van der Waals surface area contributed by atoms with Gasteiger partial charge >= 0.3 is 0 Å². The van der Waals surface area contributed by atoms with Crippen LogP contribution in [0.25, 0.3) is 0 Å². The van der Waals surface area contributed by atoms with E-state index in [0.29, 0.717) is 18.6 Å². The van der Waals surface area contributed by atoms with Gasteiger partial charge in [0.2, 0.25) is 0 Å². The summed E-state index contributed by atoms with van der Waals surface area (Å²) in [6.07, 6.45) is 10.7. The van der Waals surface area contributed by atoms with Crippen LogP contribution >= 0.6 is 0 Å². The molecule has 16 heavy (non-hydrogen) atoms. The van der Waals surface area contributed by atoms with Crippen LogP contribution in [0.1, 0.15) is 52.4 Å². The van der Waals surface area contributed by atoms with Gasteiger partial charge in [-0.25, -0.2) is 0 Å². The zero-order chi connectivity index (χ0) is 12.0. The van der Waals surface area contributed by atoms with Crippen molar-refractivity contribution in [2.24, 2.45) is 0 Å². The second-order valence-corrected chi connectivity index (χ2v) is 4.80. The maximum Gasteiger partial charge on any atom is 0.152 e. The second-order valence-electron chi connectivity index (χ2n) is 4.80. The molecule has 0 aromatic carbocycles. The summed E-state index contributed by atoms with van der Waals surface area (Å²) in [7, 11) is 0. The Hall–Kier alpha value is -0.810. The number of carbonyl (C=O) groups excluding carboxylic acids is 1. The van der Waals surface area contributed by atoms with E-state index in [1.165, 1.54) is 12.8 Å². The van der Waals surface area contributed by atoms with Crippen LogP contribution in [0.2, 0.25) is 0 Å². The molecule has 90 valence electrons. The molecule has 1 aliphatic heterocycles. The number of nitrogens with zero attached hydrogens (tertiary/aromatic N) is 1. The topological polar surface area (TPSA) is 20.3 Å². The van der Waals surface area contributed by atoms with Gasteiger partial charge in [0, 0.05) is 12.8 Å². The normalized spacial score (nSPS) is 20.3. The SMILES string of the molecule is C#CCCCC(=O)C(C)(CC)N1CCCC1. The highest BCUT2D eigenvalue weighted by molar-refractivity contribution is 5.88. The van der Waals surface area contributed by atoms with E-state index < -0.39 is 0 Å². The maximum absolute atomic E-state index is 12.2. The first-order valence-corrected chi connectivity index (χ1v) is 6.37. The van der Waals surface area contributed by atoms with Crippen LogP contribution in [-0.4, -0.2) is 29.3 Å². The third-order valence-corrected chi connectivity index (χ3v) is 3.82. The lowest BCUT2D eigenvalue weighted by Crippen LogP contribution is -2.50. The standard InChI is InChI=1S/C14H23NO/c1-4-6-7-10-13(16)14(3,5-2)15-11-8-9-12-15/h1H,5-12H2,2-3H3. The molecule has 0 radical (unpaired) electrons. The van der Waals surface area contributed by atoms with Crippen LogP contribution in [0, 0.1) is 12.3 Å². The summed E-state index contributed by atoms with van der Waals surface area (Å²) in [5.74, 6) is 2.96. The Morgan fingerprint density at radius 2 is 2.06 bits per heavy atom. The van der Waals surface area contributed by atoms with Crippen molar-refractivity contribution in [3.05, 3.63) is 0 Å². The molecule has 1 fully saturated rings.